The standard InChI is InChI=1S/C29H40O4.C19H19NS.C4H4O4/c1-17-18-7-8-21-27(4,19(18)15-20(30)23(17)31)12-14-29(6)22-16-26(3,24(32)33)10-9-25(22,2)11-13-28(21,29)5;1-20-12-10-14(11-13-20)19-15-6-2-4-8-17(15)21-18-9-5-3-7-16(18)19;5-3(6)1-2-4(7)8/h8,15,22,30-31H,7,9-14,16H2,1-6H3,(H,32,33);2-9H,10-13H2,1H3;1-2H,(H,5,6)(H,7,8). The van der Waals surface area contributed by atoms with Gasteiger partial charge >= 0.3 is 17.9 Å². The Balaban J connectivity index is 0.000000169. The molecule has 3 saturated carbocycles. The van der Waals surface area contributed by atoms with E-state index in [1.54, 1.807) is 5.57 Å². The van der Waals surface area contributed by atoms with Gasteiger partial charge in [-0.05, 0) is 159 Å². The summed E-state index contributed by atoms with van der Waals surface area (Å²) in [4.78, 5) is 36.6. The fourth-order valence-electron chi connectivity index (χ4n) is 12.3. The number of hydrogen-bond acceptors (Lipinski definition) is 7. The van der Waals surface area contributed by atoms with Gasteiger partial charge in [-0.15, -0.1) is 0 Å². The number of aliphatic carboxylic acids is 3. The summed E-state index contributed by atoms with van der Waals surface area (Å²) in [6.45, 7) is 15.9. The fourth-order valence-corrected chi connectivity index (χ4v) is 13.4. The second-order valence-corrected chi connectivity index (χ2v) is 21.0. The average molecular weight is 862 g/mol. The molecule has 6 unspecified atom stereocenters. The quantitative estimate of drug-likeness (QED) is 0.0763. The van der Waals surface area contributed by atoms with Crippen molar-refractivity contribution in [3.63, 3.8) is 0 Å². The summed E-state index contributed by atoms with van der Waals surface area (Å²) in [6.07, 6.45) is 13.5. The molecule has 6 atom stereocenters. The highest BCUT2D eigenvalue weighted by Gasteiger charge is 2.67. The number of rotatable bonds is 3. The van der Waals surface area contributed by atoms with E-state index in [2.05, 4.69) is 94.2 Å². The van der Waals surface area contributed by atoms with E-state index >= 15 is 0 Å². The van der Waals surface area contributed by atoms with Crippen LogP contribution in [0.3, 0.4) is 0 Å². The number of likely N-dealkylation sites (tertiary alicyclic amines) is 1. The number of allylic oxidation sites excluding steroid dienone is 2. The van der Waals surface area contributed by atoms with E-state index in [9.17, 15) is 29.7 Å². The van der Waals surface area contributed by atoms with Crippen LogP contribution in [0.4, 0.5) is 0 Å². The van der Waals surface area contributed by atoms with Crippen LogP contribution in [0.1, 0.15) is 120 Å². The SMILES string of the molecule is CN1CCC(=C2c3ccccc3Sc3ccccc32)CC1.Cc1c(O)c(O)cc2c1CC=C1C2(C)CCC2(C)C3CC(C)(C(=O)O)CCC3(C)CCC12C.O=C(O)C=CC(=O)O. The zero-order valence-corrected chi connectivity index (χ0v) is 38.1. The highest BCUT2D eigenvalue weighted by molar-refractivity contribution is 7.99. The number of piperidine rings is 1. The number of phenols is 2. The lowest BCUT2D eigenvalue weighted by atomic mass is 9.34. The molecule has 330 valence electrons. The van der Waals surface area contributed by atoms with Crippen LogP contribution < -0.4 is 0 Å². The zero-order chi connectivity index (χ0) is 45.0. The van der Waals surface area contributed by atoms with Crippen molar-refractivity contribution in [2.24, 2.45) is 27.6 Å². The number of hydrogen-bond donors (Lipinski definition) is 5. The van der Waals surface area contributed by atoms with Crippen molar-refractivity contribution in [1.82, 2.24) is 4.90 Å². The van der Waals surface area contributed by atoms with Crippen molar-refractivity contribution in [2.75, 3.05) is 20.1 Å². The number of aromatic hydroxyl groups is 2. The zero-order valence-electron chi connectivity index (χ0n) is 37.3. The maximum Gasteiger partial charge on any atom is 0.328 e. The predicted molar refractivity (Wildman–Crippen MR) is 244 cm³/mol. The van der Waals surface area contributed by atoms with Gasteiger partial charge in [0.2, 0.25) is 0 Å². The third-order valence-electron chi connectivity index (χ3n) is 16.4. The molecular weight excluding hydrogens is 799 g/mol. The topological polar surface area (TPSA) is 156 Å². The van der Waals surface area contributed by atoms with Crippen LogP contribution in [0.25, 0.3) is 5.57 Å². The maximum atomic E-state index is 12.3. The number of benzene rings is 3. The van der Waals surface area contributed by atoms with Gasteiger partial charge in [0.25, 0.3) is 0 Å². The monoisotopic (exact) mass is 861 g/mol. The summed E-state index contributed by atoms with van der Waals surface area (Å²) in [6, 6.07) is 19.5. The molecule has 2 aliphatic heterocycles. The summed E-state index contributed by atoms with van der Waals surface area (Å²) < 4.78 is 0. The van der Waals surface area contributed by atoms with E-state index in [1.807, 2.05) is 31.7 Å². The number of carboxylic acid groups (broad SMARTS) is 3. The Morgan fingerprint density at radius 3 is 1.90 bits per heavy atom. The number of carboxylic acids is 3. The molecule has 10 heteroatoms. The molecule has 2 heterocycles. The summed E-state index contributed by atoms with van der Waals surface area (Å²) in [5, 5.41) is 46.5. The Kier molecular flexibility index (Phi) is 12.2. The lowest BCUT2D eigenvalue weighted by Crippen LogP contribution is -2.62. The second kappa shape index (κ2) is 16.7. The molecule has 0 bridgehead atoms. The largest absolute Gasteiger partial charge is 0.504 e. The van der Waals surface area contributed by atoms with Crippen LogP contribution in [0.2, 0.25) is 0 Å². The van der Waals surface area contributed by atoms with E-state index in [0.717, 1.165) is 62.5 Å². The van der Waals surface area contributed by atoms with Crippen LogP contribution in [0, 0.1) is 34.5 Å². The first-order valence-electron chi connectivity index (χ1n) is 22.1. The Morgan fingerprint density at radius 2 is 1.34 bits per heavy atom. The Labute approximate surface area is 370 Å². The molecule has 0 radical (unpaired) electrons. The van der Waals surface area contributed by atoms with Crippen LogP contribution in [0.5, 0.6) is 11.5 Å². The normalized spacial score (nSPS) is 30.9. The van der Waals surface area contributed by atoms with E-state index in [-0.39, 0.29) is 33.2 Å². The Hall–Kier alpha value is -4.80. The van der Waals surface area contributed by atoms with Gasteiger partial charge < -0.3 is 30.4 Å². The summed E-state index contributed by atoms with van der Waals surface area (Å²) in [5.41, 5.74) is 10.0. The predicted octanol–water partition coefficient (Wildman–Crippen LogP) is 11.0. The molecule has 1 saturated heterocycles. The molecule has 6 aliphatic rings. The molecule has 4 aliphatic carbocycles. The molecule has 3 aromatic rings. The third kappa shape index (κ3) is 7.80. The lowest BCUT2D eigenvalue weighted by molar-refractivity contribution is -0.177. The molecule has 3 aromatic carbocycles. The van der Waals surface area contributed by atoms with Crippen molar-refractivity contribution in [3.05, 3.63) is 112 Å². The summed E-state index contributed by atoms with van der Waals surface area (Å²) in [5.74, 6) is -2.80. The molecule has 62 heavy (non-hydrogen) atoms. The lowest BCUT2D eigenvalue weighted by Gasteiger charge is -2.69. The smallest absolute Gasteiger partial charge is 0.328 e. The van der Waals surface area contributed by atoms with Gasteiger partial charge in [-0.25, -0.2) is 9.59 Å². The molecule has 4 fully saturated rings. The Bertz CT molecular complexity index is 2330. The van der Waals surface area contributed by atoms with E-state index in [1.165, 1.54) is 63.6 Å². The first-order chi connectivity index (χ1) is 29.2. The molecule has 5 N–H and O–H groups in total. The first-order valence-corrected chi connectivity index (χ1v) is 22.9. The van der Waals surface area contributed by atoms with Crippen LogP contribution in [-0.2, 0) is 26.2 Å². The molecular formula is C52H63NO8S. The first kappa shape index (κ1) is 45.2. The van der Waals surface area contributed by atoms with E-state index in [4.69, 9.17) is 10.2 Å². The molecule has 9 rings (SSSR count). The van der Waals surface area contributed by atoms with Gasteiger partial charge in [0.15, 0.2) is 11.5 Å². The average Bonchev–Trinajstić information content (AvgIpc) is 3.24. The minimum atomic E-state index is -1.26. The van der Waals surface area contributed by atoms with Crippen molar-refractivity contribution < 1.29 is 39.9 Å². The number of fused-ring (bicyclic) bond motifs is 9. The molecule has 0 amide bonds. The van der Waals surface area contributed by atoms with E-state index < -0.39 is 23.3 Å². The Morgan fingerprint density at radius 1 is 0.774 bits per heavy atom. The maximum absolute atomic E-state index is 12.3. The highest BCUT2D eigenvalue weighted by Crippen LogP contribution is 2.74. The number of phenolic OH excluding ortho intramolecular Hbond substituents is 2. The van der Waals surface area contributed by atoms with E-state index in [0.29, 0.717) is 18.1 Å². The number of carbonyl (C=O) groups is 3. The van der Waals surface area contributed by atoms with Crippen LogP contribution >= 0.6 is 11.8 Å². The van der Waals surface area contributed by atoms with Crippen molar-refractivity contribution >= 4 is 35.2 Å². The van der Waals surface area contributed by atoms with Gasteiger partial charge in [0.05, 0.1) is 5.41 Å². The van der Waals surface area contributed by atoms with Gasteiger partial charge in [0.1, 0.15) is 0 Å². The van der Waals surface area contributed by atoms with Crippen molar-refractivity contribution in [2.45, 2.75) is 121 Å². The highest BCUT2D eigenvalue weighted by atomic mass is 32.2. The van der Waals surface area contributed by atoms with Crippen molar-refractivity contribution in [1.29, 1.82) is 0 Å². The second-order valence-electron chi connectivity index (χ2n) is 20.0. The van der Waals surface area contributed by atoms with Gasteiger partial charge in [-0.3, -0.25) is 4.79 Å². The van der Waals surface area contributed by atoms with Crippen LogP contribution in [-0.4, -0.2) is 68.5 Å². The molecule has 0 spiro atoms. The van der Waals surface area contributed by atoms with Gasteiger partial charge in [0, 0.05) is 40.4 Å². The minimum Gasteiger partial charge on any atom is -0.504 e. The van der Waals surface area contributed by atoms with Crippen LogP contribution in [0.15, 0.2) is 93.8 Å². The third-order valence-corrected chi connectivity index (χ3v) is 17.6. The van der Waals surface area contributed by atoms with Crippen molar-refractivity contribution in [3.8, 4) is 11.5 Å². The number of nitrogens with zero attached hydrogens (tertiary/aromatic N) is 1. The fraction of sp³-hybridized carbons (Fsp3) is 0.481. The summed E-state index contributed by atoms with van der Waals surface area (Å²) in [7, 11) is 2.22. The van der Waals surface area contributed by atoms with Gasteiger partial charge in [-0.1, -0.05) is 93.1 Å². The van der Waals surface area contributed by atoms with Gasteiger partial charge in [-0.2, -0.15) is 0 Å². The minimum absolute atomic E-state index is 0.00431. The molecule has 0 aromatic heterocycles. The summed E-state index contributed by atoms with van der Waals surface area (Å²) >= 11 is 1.91. The molecule has 9 nitrogen and oxygen atoms in total.